The van der Waals surface area contributed by atoms with Gasteiger partial charge in [0.1, 0.15) is 16.9 Å². The molecule has 0 bridgehead atoms. The van der Waals surface area contributed by atoms with E-state index in [9.17, 15) is 15.2 Å². The van der Waals surface area contributed by atoms with Gasteiger partial charge in [0.25, 0.3) is 0 Å². The predicted molar refractivity (Wildman–Crippen MR) is 93.6 cm³/mol. The Morgan fingerprint density at radius 1 is 1.04 bits per heavy atom. The van der Waals surface area contributed by atoms with E-state index >= 15 is 0 Å². The molecule has 0 atom stereocenters. The Morgan fingerprint density at radius 2 is 1.52 bits per heavy atom. The average molecular weight is 335 g/mol. The second kappa shape index (κ2) is 6.33. The summed E-state index contributed by atoms with van der Waals surface area (Å²) in [6.45, 7) is 0. The van der Waals surface area contributed by atoms with Crippen LogP contribution in [0, 0.1) is 11.3 Å². The van der Waals surface area contributed by atoms with Gasteiger partial charge in [-0.25, -0.2) is 0 Å². The molecule has 5 nitrogen and oxygen atoms in total. The quantitative estimate of drug-likeness (QED) is 0.925. The topological polar surface area (TPSA) is 79.5 Å². The Balaban J connectivity index is 2.34. The van der Waals surface area contributed by atoms with Crippen molar-refractivity contribution in [1.29, 1.82) is 5.26 Å². The molecule has 0 aliphatic heterocycles. The first-order valence-corrected chi connectivity index (χ1v) is 7.72. The Labute approximate surface area is 145 Å². The summed E-state index contributed by atoms with van der Waals surface area (Å²) in [6.07, 6.45) is 3.41. The summed E-state index contributed by atoms with van der Waals surface area (Å²) >= 11 is 0. The first-order chi connectivity index (χ1) is 12.0. The van der Waals surface area contributed by atoms with Crippen LogP contribution in [0.1, 0.15) is 28.7 Å². The lowest BCUT2D eigenvalue weighted by Gasteiger charge is -2.28. The highest BCUT2D eigenvalue weighted by atomic mass is 16.5. The van der Waals surface area contributed by atoms with Crippen molar-refractivity contribution in [3.05, 3.63) is 58.7 Å². The smallest absolute Gasteiger partial charge is 0.305 e. The van der Waals surface area contributed by atoms with Gasteiger partial charge >= 0.3 is 5.97 Å². The number of carboxylic acids is 1. The van der Waals surface area contributed by atoms with E-state index in [1.165, 1.54) is 0 Å². The Bertz CT molecular complexity index is 851. The van der Waals surface area contributed by atoms with Gasteiger partial charge in [-0.15, -0.1) is 0 Å². The molecule has 0 aromatic heterocycles. The summed E-state index contributed by atoms with van der Waals surface area (Å²) in [4.78, 5) is 11.6. The molecule has 5 heteroatoms. The summed E-state index contributed by atoms with van der Waals surface area (Å²) in [7, 11) is 3.13. The molecule has 0 spiro atoms. The van der Waals surface area contributed by atoms with Crippen LogP contribution < -0.4 is 9.47 Å². The van der Waals surface area contributed by atoms with E-state index in [0.29, 0.717) is 22.6 Å². The van der Waals surface area contributed by atoms with Crippen LogP contribution >= 0.6 is 0 Å². The predicted octanol–water partition coefficient (Wildman–Crippen LogP) is 3.47. The first kappa shape index (κ1) is 16.6. The van der Waals surface area contributed by atoms with Gasteiger partial charge in [0, 0.05) is 0 Å². The second-order valence-corrected chi connectivity index (χ2v) is 5.83. The zero-order valence-corrected chi connectivity index (χ0v) is 13.9. The summed E-state index contributed by atoms with van der Waals surface area (Å²) in [5.74, 6) is 0.259. The van der Waals surface area contributed by atoms with Crippen molar-refractivity contribution in [3.63, 3.8) is 0 Å². The minimum Gasteiger partial charge on any atom is -0.497 e. The molecule has 1 N–H and O–H groups in total. The van der Waals surface area contributed by atoms with Crippen molar-refractivity contribution in [3.8, 4) is 17.6 Å². The molecule has 0 heterocycles. The lowest BCUT2D eigenvalue weighted by Crippen LogP contribution is -2.30. The average Bonchev–Trinajstić information content (AvgIpc) is 2.76. The Kier molecular flexibility index (Phi) is 4.20. The van der Waals surface area contributed by atoms with Crippen molar-refractivity contribution < 1.29 is 19.4 Å². The molecule has 2 aromatic carbocycles. The highest BCUT2D eigenvalue weighted by Gasteiger charge is 2.41. The normalized spacial score (nSPS) is 13.8. The van der Waals surface area contributed by atoms with E-state index < -0.39 is 11.4 Å². The van der Waals surface area contributed by atoms with Crippen LogP contribution in [0.2, 0.25) is 0 Å². The number of carbonyl (C=O) groups is 1. The molecular weight excluding hydrogens is 318 g/mol. The molecule has 1 aliphatic carbocycles. The minimum absolute atomic E-state index is 0.330. The third-order valence-electron chi connectivity index (χ3n) is 4.49. The number of nitriles is 1. The number of fused-ring (bicyclic) bond motifs is 2. The molecule has 0 saturated carbocycles. The molecule has 126 valence electrons. The highest BCUT2D eigenvalue weighted by Crippen LogP contribution is 2.43. The molecular formula is C20H17NO4. The van der Waals surface area contributed by atoms with Gasteiger partial charge in [0.05, 0.1) is 26.7 Å². The highest BCUT2D eigenvalue weighted by molar-refractivity contribution is 5.83. The number of nitrogens with zero attached hydrogens (tertiary/aromatic N) is 1. The standard InChI is InChI=1S/C20H17NO4/c1-24-15-5-7-17-13(9-15)3-4-14-10-16(25-2)6-8-18(14)20(17,12-21)11-19(22)23/h3-10H,11H2,1-2H3,(H,22,23). The zero-order valence-electron chi connectivity index (χ0n) is 13.9. The van der Waals surface area contributed by atoms with Crippen LogP contribution in [0.3, 0.4) is 0 Å². The van der Waals surface area contributed by atoms with E-state index in [0.717, 1.165) is 11.1 Å². The van der Waals surface area contributed by atoms with Crippen LogP contribution in [0.5, 0.6) is 11.5 Å². The SMILES string of the molecule is COc1ccc2c(c1)C=Cc1cc(OC)ccc1C2(C#N)CC(=O)O. The van der Waals surface area contributed by atoms with Crippen molar-refractivity contribution >= 4 is 18.1 Å². The molecule has 0 fully saturated rings. The number of rotatable bonds is 4. The van der Waals surface area contributed by atoms with E-state index in [1.807, 2.05) is 24.3 Å². The van der Waals surface area contributed by atoms with E-state index in [2.05, 4.69) is 6.07 Å². The zero-order chi connectivity index (χ0) is 18.0. The molecule has 2 aromatic rings. The van der Waals surface area contributed by atoms with Crippen LogP contribution in [-0.4, -0.2) is 25.3 Å². The van der Waals surface area contributed by atoms with Crippen molar-refractivity contribution in [2.75, 3.05) is 14.2 Å². The number of hydrogen-bond acceptors (Lipinski definition) is 4. The Hall–Kier alpha value is -3.26. The van der Waals surface area contributed by atoms with E-state index in [4.69, 9.17) is 9.47 Å². The number of methoxy groups -OCH3 is 2. The lowest BCUT2D eigenvalue weighted by molar-refractivity contribution is -0.137. The third-order valence-corrected chi connectivity index (χ3v) is 4.49. The fourth-order valence-corrected chi connectivity index (χ4v) is 3.29. The van der Waals surface area contributed by atoms with E-state index in [-0.39, 0.29) is 6.42 Å². The largest absolute Gasteiger partial charge is 0.497 e. The van der Waals surface area contributed by atoms with Gasteiger partial charge in [-0.2, -0.15) is 5.26 Å². The molecule has 0 radical (unpaired) electrons. The van der Waals surface area contributed by atoms with E-state index in [1.54, 1.807) is 38.5 Å². The van der Waals surface area contributed by atoms with Crippen LogP contribution in [0.4, 0.5) is 0 Å². The summed E-state index contributed by atoms with van der Waals surface area (Å²) in [5, 5.41) is 19.5. The second-order valence-electron chi connectivity index (χ2n) is 5.83. The fraction of sp³-hybridized carbons (Fsp3) is 0.200. The van der Waals surface area contributed by atoms with Crippen molar-refractivity contribution in [1.82, 2.24) is 0 Å². The maximum atomic E-state index is 11.6. The molecule has 25 heavy (non-hydrogen) atoms. The van der Waals surface area contributed by atoms with Gasteiger partial charge in [-0.1, -0.05) is 24.3 Å². The summed E-state index contributed by atoms with van der Waals surface area (Å²) < 4.78 is 10.5. The van der Waals surface area contributed by atoms with Gasteiger partial charge in [-0.3, -0.25) is 4.79 Å². The van der Waals surface area contributed by atoms with Crippen molar-refractivity contribution in [2.45, 2.75) is 11.8 Å². The number of carboxylic acid groups (broad SMARTS) is 1. The summed E-state index contributed by atoms with van der Waals surface area (Å²) in [5.41, 5.74) is 1.53. The maximum absolute atomic E-state index is 11.6. The molecule has 0 saturated heterocycles. The third kappa shape index (κ3) is 2.72. The van der Waals surface area contributed by atoms with Crippen LogP contribution in [-0.2, 0) is 10.2 Å². The molecule has 0 unspecified atom stereocenters. The lowest BCUT2D eigenvalue weighted by atomic mass is 9.71. The van der Waals surface area contributed by atoms with Gasteiger partial charge in [-0.05, 0) is 46.5 Å². The number of ether oxygens (including phenoxy) is 2. The Morgan fingerprint density at radius 3 is 1.88 bits per heavy atom. The van der Waals surface area contributed by atoms with Crippen LogP contribution in [0.25, 0.3) is 12.2 Å². The van der Waals surface area contributed by atoms with Crippen LogP contribution in [0.15, 0.2) is 36.4 Å². The maximum Gasteiger partial charge on any atom is 0.305 e. The fourth-order valence-electron chi connectivity index (χ4n) is 3.29. The monoisotopic (exact) mass is 335 g/mol. The first-order valence-electron chi connectivity index (χ1n) is 7.72. The molecule has 0 amide bonds. The van der Waals surface area contributed by atoms with Gasteiger partial charge < -0.3 is 14.6 Å². The number of benzene rings is 2. The van der Waals surface area contributed by atoms with Crippen molar-refractivity contribution in [2.24, 2.45) is 0 Å². The minimum atomic E-state index is -1.29. The number of hydrogen-bond donors (Lipinski definition) is 1. The number of aliphatic carboxylic acids is 1. The summed E-state index contributed by atoms with van der Waals surface area (Å²) in [6, 6.07) is 12.9. The van der Waals surface area contributed by atoms with Gasteiger partial charge in [0.2, 0.25) is 0 Å². The molecule has 1 aliphatic rings. The molecule has 3 rings (SSSR count). The van der Waals surface area contributed by atoms with Gasteiger partial charge in [0.15, 0.2) is 0 Å².